The number of rotatable bonds is 4. The van der Waals surface area contributed by atoms with Crippen LogP contribution in [0.2, 0.25) is 0 Å². The number of hydrogen-bond donors (Lipinski definition) is 0. The number of hydrogen-bond acceptors (Lipinski definition) is 3. The molecular formula is C33H23N3O. The molecule has 0 saturated carbocycles. The highest BCUT2D eigenvalue weighted by molar-refractivity contribution is 6.10. The lowest BCUT2D eigenvalue weighted by Gasteiger charge is -2.08. The summed E-state index contributed by atoms with van der Waals surface area (Å²) >= 11 is 0. The first kappa shape index (κ1) is 21.3. The molecule has 0 aliphatic carbocycles. The minimum Gasteiger partial charge on any atom is -0.416 e. The van der Waals surface area contributed by atoms with Crippen LogP contribution in [0.15, 0.2) is 126 Å². The van der Waals surface area contributed by atoms with Gasteiger partial charge in [-0.3, -0.25) is 0 Å². The summed E-state index contributed by atoms with van der Waals surface area (Å²) in [5, 5.41) is 11.0. The second kappa shape index (κ2) is 8.61. The van der Waals surface area contributed by atoms with Crippen LogP contribution in [0.25, 0.3) is 61.5 Å². The average molecular weight is 478 g/mol. The highest BCUT2D eigenvalue weighted by atomic mass is 16.4. The Labute approximate surface area is 214 Å². The van der Waals surface area contributed by atoms with E-state index in [1.165, 1.54) is 32.9 Å². The normalized spacial score (nSPS) is 11.4. The molecule has 176 valence electrons. The first-order chi connectivity index (χ1) is 18.2. The van der Waals surface area contributed by atoms with Crippen molar-refractivity contribution < 1.29 is 4.42 Å². The number of aryl methyl sites for hydroxylation is 1. The summed E-state index contributed by atoms with van der Waals surface area (Å²) < 4.78 is 8.28. The zero-order valence-electron chi connectivity index (χ0n) is 20.3. The van der Waals surface area contributed by atoms with E-state index in [9.17, 15) is 0 Å². The van der Waals surface area contributed by atoms with Crippen molar-refractivity contribution in [1.29, 1.82) is 0 Å². The Morgan fingerprint density at radius 3 is 1.76 bits per heavy atom. The quantitative estimate of drug-likeness (QED) is 0.255. The van der Waals surface area contributed by atoms with Gasteiger partial charge in [0.05, 0.1) is 11.0 Å². The van der Waals surface area contributed by atoms with Gasteiger partial charge in [-0.05, 0) is 78.7 Å². The van der Waals surface area contributed by atoms with Gasteiger partial charge in [0.25, 0.3) is 0 Å². The molecule has 37 heavy (non-hydrogen) atoms. The molecule has 0 bridgehead atoms. The van der Waals surface area contributed by atoms with Crippen molar-refractivity contribution in [3.8, 4) is 39.7 Å². The van der Waals surface area contributed by atoms with E-state index in [2.05, 4.69) is 101 Å². The minimum atomic E-state index is 0.516. The van der Waals surface area contributed by atoms with Gasteiger partial charge in [0, 0.05) is 27.6 Å². The maximum atomic E-state index is 5.94. The molecule has 0 radical (unpaired) electrons. The van der Waals surface area contributed by atoms with E-state index in [1.807, 2.05) is 42.5 Å². The molecule has 2 aromatic heterocycles. The van der Waals surface area contributed by atoms with Crippen LogP contribution < -0.4 is 0 Å². The third-order valence-electron chi connectivity index (χ3n) is 6.85. The maximum absolute atomic E-state index is 5.94. The molecule has 0 aliphatic heterocycles. The molecule has 0 amide bonds. The summed E-state index contributed by atoms with van der Waals surface area (Å²) in [7, 11) is 0. The second-order valence-electron chi connectivity index (χ2n) is 9.28. The van der Waals surface area contributed by atoms with Crippen molar-refractivity contribution in [2.75, 3.05) is 0 Å². The molecule has 7 rings (SSSR count). The number of nitrogens with zero attached hydrogens (tertiary/aromatic N) is 3. The van der Waals surface area contributed by atoms with E-state index in [1.54, 1.807) is 0 Å². The molecule has 0 saturated heterocycles. The van der Waals surface area contributed by atoms with Crippen LogP contribution in [0.5, 0.6) is 0 Å². The molecule has 5 aromatic carbocycles. The van der Waals surface area contributed by atoms with Crippen LogP contribution in [0.1, 0.15) is 5.56 Å². The van der Waals surface area contributed by atoms with Gasteiger partial charge in [0.1, 0.15) is 0 Å². The SMILES string of the molecule is Cc1ccc2c(c1)c1cc(-c3ccc(-c4nnc(-c5ccccc5)o4)cc3)ccc1n2-c1ccccc1. The molecule has 0 N–H and O–H groups in total. The third-order valence-corrected chi connectivity index (χ3v) is 6.85. The fourth-order valence-corrected chi connectivity index (χ4v) is 5.01. The van der Waals surface area contributed by atoms with Crippen LogP contribution in [-0.4, -0.2) is 14.8 Å². The van der Waals surface area contributed by atoms with Crippen molar-refractivity contribution in [1.82, 2.24) is 14.8 Å². The zero-order valence-corrected chi connectivity index (χ0v) is 20.3. The molecule has 7 aromatic rings. The predicted molar refractivity (Wildman–Crippen MR) is 150 cm³/mol. The molecule has 0 aliphatic rings. The van der Waals surface area contributed by atoms with Gasteiger partial charge in [-0.25, -0.2) is 0 Å². The smallest absolute Gasteiger partial charge is 0.248 e. The largest absolute Gasteiger partial charge is 0.416 e. The van der Waals surface area contributed by atoms with Gasteiger partial charge in [-0.1, -0.05) is 66.2 Å². The molecule has 4 nitrogen and oxygen atoms in total. The molecule has 2 heterocycles. The molecule has 4 heteroatoms. The molecule has 0 atom stereocenters. The number of benzene rings is 5. The van der Waals surface area contributed by atoms with Gasteiger partial charge in [-0.15, -0.1) is 10.2 Å². The van der Waals surface area contributed by atoms with Crippen LogP contribution >= 0.6 is 0 Å². The number of para-hydroxylation sites is 1. The van der Waals surface area contributed by atoms with E-state index in [-0.39, 0.29) is 0 Å². The summed E-state index contributed by atoms with van der Waals surface area (Å²) in [4.78, 5) is 0. The Hall–Kier alpha value is -4.96. The summed E-state index contributed by atoms with van der Waals surface area (Å²) in [5.74, 6) is 1.04. The van der Waals surface area contributed by atoms with Gasteiger partial charge in [0.2, 0.25) is 11.8 Å². The van der Waals surface area contributed by atoms with E-state index >= 15 is 0 Å². The number of fused-ring (bicyclic) bond motifs is 3. The Balaban J connectivity index is 1.29. The molecule has 0 fully saturated rings. The molecule has 0 spiro atoms. The summed E-state index contributed by atoms with van der Waals surface area (Å²) in [6.45, 7) is 2.15. The fraction of sp³-hybridized carbons (Fsp3) is 0.0303. The van der Waals surface area contributed by atoms with Crippen molar-refractivity contribution in [3.63, 3.8) is 0 Å². The van der Waals surface area contributed by atoms with Crippen LogP contribution in [0.4, 0.5) is 0 Å². The van der Waals surface area contributed by atoms with Crippen molar-refractivity contribution >= 4 is 21.8 Å². The van der Waals surface area contributed by atoms with Crippen LogP contribution in [-0.2, 0) is 0 Å². The van der Waals surface area contributed by atoms with E-state index in [4.69, 9.17) is 4.42 Å². The Kier molecular flexibility index (Phi) is 4.96. The van der Waals surface area contributed by atoms with Gasteiger partial charge in [-0.2, -0.15) is 0 Å². The lowest BCUT2D eigenvalue weighted by Crippen LogP contribution is -1.93. The van der Waals surface area contributed by atoms with E-state index in [0.717, 1.165) is 22.4 Å². The Morgan fingerprint density at radius 2 is 1.05 bits per heavy atom. The van der Waals surface area contributed by atoms with E-state index < -0.39 is 0 Å². The number of aromatic nitrogens is 3. The van der Waals surface area contributed by atoms with Crippen LogP contribution in [0.3, 0.4) is 0 Å². The van der Waals surface area contributed by atoms with Crippen molar-refractivity contribution in [3.05, 3.63) is 127 Å². The van der Waals surface area contributed by atoms with Gasteiger partial charge in [0.15, 0.2) is 0 Å². The highest BCUT2D eigenvalue weighted by Crippen LogP contribution is 2.36. The minimum absolute atomic E-state index is 0.516. The lowest BCUT2D eigenvalue weighted by atomic mass is 10.0. The monoisotopic (exact) mass is 477 g/mol. The third kappa shape index (κ3) is 3.71. The standard InChI is InChI=1S/C33H23N3O/c1-22-12-18-30-28(20-22)29-21-26(17-19-31(29)36(30)27-10-6-3-7-11-27)23-13-15-25(16-14-23)33-35-34-32(37-33)24-8-4-2-5-9-24/h2-21H,1H3. The molecule has 0 unspecified atom stereocenters. The maximum Gasteiger partial charge on any atom is 0.248 e. The first-order valence-corrected chi connectivity index (χ1v) is 12.3. The topological polar surface area (TPSA) is 43.9 Å². The lowest BCUT2D eigenvalue weighted by molar-refractivity contribution is 0.584. The van der Waals surface area contributed by atoms with Crippen molar-refractivity contribution in [2.45, 2.75) is 6.92 Å². The summed E-state index contributed by atoms with van der Waals surface area (Å²) in [6.07, 6.45) is 0. The zero-order chi connectivity index (χ0) is 24.8. The second-order valence-corrected chi connectivity index (χ2v) is 9.28. The highest BCUT2D eigenvalue weighted by Gasteiger charge is 2.14. The first-order valence-electron chi connectivity index (χ1n) is 12.3. The predicted octanol–water partition coefficient (Wildman–Crippen LogP) is 8.48. The fourth-order valence-electron chi connectivity index (χ4n) is 5.01. The van der Waals surface area contributed by atoms with E-state index in [0.29, 0.717) is 11.8 Å². The van der Waals surface area contributed by atoms with Crippen molar-refractivity contribution in [2.24, 2.45) is 0 Å². The van der Waals surface area contributed by atoms with Gasteiger partial charge < -0.3 is 8.98 Å². The Morgan fingerprint density at radius 1 is 0.514 bits per heavy atom. The Bertz CT molecular complexity index is 1860. The summed E-state index contributed by atoms with van der Waals surface area (Å²) in [5.41, 5.74) is 8.95. The molecular weight excluding hydrogens is 454 g/mol. The van der Waals surface area contributed by atoms with Crippen LogP contribution in [0, 0.1) is 6.92 Å². The summed E-state index contributed by atoms with van der Waals surface area (Å²) in [6, 6.07) is 42.1. The van der Waals surface area contributed by atoms with Gasteiger partial charge >= 0.3 is 0 Å². The average Bonchev–Trinajstić information content (AvgIpc) is 3.57.